The van der Waals surface area contributed by atoms with Gasteiger partial charge in [-0.1, -0.05) is 66.7 Å². The first kappa shape index (κ1) is 36.1. The van der Waals surface area contributed by atoms with Gasteiger partial charge >= 0.3 is 11.9 Å². The predicted octanol–water partition coefficient (Wildman–Crippen LogP) is 6.76. The largest absolute Gasteiger partial charge is 0.493 e. The van der Waals surface area contributed by atoms with Gasteiger partial charge in [-0.3, -0.25) is 9.69 Å². The van der Waals surface area contributed by atoms with Crippen LogP contribution in [-0.2, 0) is 33.8 Å². The van der Waals surface area contributed by atoms with E-state index in [1.807, 2.05) is 60.7 Å². The van der Waals surface area contributed by atoms with Gasteiger partial charge in [0.05, 0.1) is 44.2 Å². The average molecular weight is 741 g/mol. The number of rotatable bonds is 10. The number of cyclic esters (lactones) is 2. The van der Waals surface area contributed by atoms with Gasteiger partial charge in [-0.2, -0.15) is 0 Å². The van der Waals surface area contributed by atoms with Crippen molar-refractivity contribution in [2.24, 2.45) is 0 Å². The molecule has 0 aromatic heterocycles. The van der Waals surface area contributed by atoms with Crippen molar-refractivity contribution in [2.75, 3.05) is 32.6 Å². The number of ether oxygens (including phenoxy) is 5. The molecule has 3 heterocycles. The van der Waals surface area contributed by atoms with Gasteiger partial charge in [-0.15, -0.1) is 0 Å². The van der Waals surface area contributed by atoms with Crippen LogP contribution in [0, 0.1) is 0 Å². The molecule has 11 nitrogen and oxygen atoms in total. The van der Waals surface area contributed by atoms with Crippen molar-refractivity contribution in [1.82, 2.24) is 4.90 Å². The van der Waals surface area contributed by atoms with Gasteiger partial charge in [0.2, 0.25) is 0 Å². The van der Waals surface area contributed by atoms with Crippen LogP contribution in [0.5, 0.6) is 11.5 Å². The molecule has 3 aliphatic rings. The molecule has 0 saturated carbocycles. The Morgan fingerprint density at radius 1 is 0.782 bits per heavy atom. The average Bonchev–Trinajstić information content (AvgIpc) is 3.51. The molecule has 5 aromatic rings. The lowest BCUT2D eigenvalue weighted by Gasteiger charge is -2.45. The molecule has 8 rings (SSSR count). The lowest BCUT2D eigenvalue weighted by molar-refractivity contribution is -0.263. The molecule has 55 heavy (non-hydrogen) atoms. The Kier molecular flexibility index (Phi) is 10.2. The third kappa shape index (κ3) is 7.35. The Morgan fingerprint density at radius 2 is 1.51 bits per heavy atom. The van der Waals surface area contributed by atoms with Gasteiger partial charge in [0.15, 0.2) is 17.8 Å². The van der Waals surface area contributed by atoms with Crippen LogP contribution in [-0.4, -0.2) is 61.3 Å². The van der Waals surface area contributed by atoms with Crippen molar-refractivity contribution in [3.63, 3.8) is 0 Å². The second-order valence-corrected chi connectivity index (χ2v) is 13.9. The lowest BCUT2D eigenvalue weighted by atomic mass is 9.82. The molecular formula is C44H40N2O9. The van der Waals surface area contributed by atoms with E-state index in [9.17, 15) is 19.5 Å². The Bertz CT molecular complexity index is 2240. The number of carbonyl (C=O) groups is 3. The van der Waals surface area contributed by atoms with Crippen LogP contribution in [0.15, 0.2) is 109 Å². The van der Waals surface area contributed by atoms with E-state index in [1.165, 1.54) is 29.3 Å². The highest BCUT2D eigenvalue weighted by Crippen LogP contribution is 2.47. The van der Waals surface area contributed by atoms with Gasteiger partial charge in [0.25, 0.3) is 5.91 Å². The lowest BCUT2D eigenvalue weighted by Crippen LogP contribution is -2.45. The van der Waals surface area contributed by atoms with Crippen LogP contribution >= 0.6 is 0 Å². The molecule has 0 spiro atoms. The zero-order valence-corrected chi connectivity index (χ0v) is 30.4. The van der Waals surface area contributed by atoms with E-state index in [0.717, 1.165) is 35.4 Å². The predicted molar refractivity (Wildman–Crippen MR) is 202 cm³/mol. The first-order chi connectivity index (χ1) is 26.8. The molecule has 0 radical (unpaired) electrons. The number of hydrogen-bond donors (Lipinski definition) is 2. The maximum absolute atomic E-state index is 13.4. The van der Waals surface area contributed by atoms with Crippen LogP contribution in [0.1, 0.15) is 82.8 Å². The van der Waals surface area contributed by atoms with Crippen molar-refractivity contribution in [3.05, 3.63) is 159 Å². The minimum absolute atomic E-state index is 0.0588. The zero-order chi connectivity index (χ0) is 38.1. The van der Waals surface area contributed by atoms with Crippen molar-refractivity contribution < 1.29 is 43.2 Å². The minimum Gasteiger partial charge on any atom is -0.493 e. The molecule has 4 atom stereocenters. The van der Waals surface area contributed by atoms with E-state index in [-0.39, 0.29) is 35.3 Å². The van der Waals surface area contributed by atoms with Gasteiger partial charge < -0.3 is 34.1 Å². The summed E-state index contributed by atoms with van der Waals surface area (Å²) in [4.78, 5) is 39.8. The second kappa shape index (κ2) is 15.5. The van der Waals surface area contributed by atoms with Gasteiger partial charge in [0.1, 0.15) is 0 Å². The van der Waals surface area contributed by atoms with Crippen molar-refractivity contribution in [2.45, 2.75) is 44.0 Å². The molecule has 2 N–H and O–H groups in total. The minimum atomic E-state index is -0.799. The van der Waals surface area contributed by atoms with E-state index >= 15 is 0 Å². The van der Waals surface area contributed by atoms with Gasteiger partial charge in [0, 0.05) is 42.4 Å². The summed E-state index contributed by atoms with van der Waals surface area (Å²) in [5, 5.41) is 12.7. The summed E-state index contributed by atoms with van der Waals surface area (Å²) in [6, 6.07) is 33.8. The summed E-state index contributed by atoms with van der Waals surface area (Å²) in [7, 11) is 3.30. The number of methoxy groups -OCH3 is 2. The van der Waals surface area contributed by atoms with E-state index < -0.39 is 30.2 Å². The molecule has 11 heteroatoms. The number of hydrogen-bond acceptors (Lipinski definition) is 10. The highest BCUT2D eigenvalue weighted by Gasteiger charge is 2.43. The molecule has 1 fully saturated rings. The van der Waals surface area contributed by atoms with Crippen molar-refractivity contribution in [3.8, 4) is 11.5 Å². The third-order valence-electron chi connectivity index (χ3n) is 10.5. The molecule has 1 amide bonds. The SMILES string of the molecule is COc1cc2c(cc1OC)CN(C[C@H]1OC(c3cccc(NC(=O)c4ccc5c(c4)C(=O)OC5=O)c3)O[C@@H](c3ccc(CO)cc3)[C@@H]1c1ccccc1)CC2. The summed E-state index contributed by atoms with van der Waals surface area (Å²) in [6.07, 6.45) is -0.704. The van der Waals surface area contributed by atoms with Crippen LogP contribution in [0.4, 0.5) is 5.69 Å². The second-order valence-electron chi connectivity index (χ2n) is 13.9. The van der Waals surface area contributed by atoms with Crippen LogP contribution < -0.4 is 14.8 Å². The number of anilines is 1. The number of nitrogens with zero attached hydrogens (tertiary/aromatic N) is 1. The van der Waals surface area contributed by atoms with Crippen molar-refractivity contribution >= 4 is 23.5 Å². The first-order valence-electron chi connectivity index (χ1n) is 18.2. The normalized spacial score (nSPS) is 20.6. The number of amides is 1. The number of nitrogens with one attached hydrogen (secondary N) is 1. The Labute approximate surface area is 318 Å². The van der Waals surface area contributed by atoms with Gasteiger partial charge in [-0.05, 0) is 76.7 Å². The number of aliphatic hydroxyl groups excluding tert-OH is 1. The molecule has 1 saturated heterocycles. The number of fused-ring (bicyclic) bond motifs is 2. The standard InChI is InChI=1S/C44H40N2O9/c1-51-36-21-29-17-18-46(23-32(29)22-37(36)52-2)24-38-39(27-7-4-3-5-8-27)40(28-13-11-26(25-47)12-14-28)54-44(53-38)31-9-6-10-33(19-31)45-41(48)30-15-16-34-35(20-30)43(50)55-42(34)49/h3-16,19-22,38-40,44,47H,17-18,23-25H2,1-2H3,(H,45,48)/t38-,39-,40+,44?/m1/s1. The number of esters is 2. The van der Waals surface area contributed by atoms with E-state index in [2.05, 4.69) is 39.2 Å². The summed E-state index contributed by atoms with van der Waals surface area (Å²) in [5.74, 6) is -0.739. The highest BCUT2D eigenvalue weighted by atomic mass is 16.7. The topological polar surface area (TPSA) is 133 Å². The molecule has 280 valence electrons. The fraction of sp³-hybridized carbons (Fsp3) is 0.250. The summed E-state index contributed by atoms with van der Waals surface area (Å²) < 4.78 is 29.8. The number of aliphatic hydroxyl groups is 1. The third-order valence-corrected chi connectivity index (χ3v) is 10.5. The van der Waals surface area contributed by atoms with E-state index in [1.54, 1.807) is 20.3 Å². The fourth-order valence-corrected chi connectivity index (χ4v) is 7.71. The Morgan fingerprint density at radius 3 is 2.25 bits per heavy atom. The van der Waals surface area contributed by atoms with Gasteiger partial charge in [-0.25, -0.2) is 9.59 Å². The maximum atomic E-state index is 13.4. The summed E-state index contributed by atoms with van der Waals surface area (Å²) in [6.45, 7) is 2.07. The van der Waals surface area contributed by atoms with Crippen LogP contribution in [0.25, 0.3) is 0 Å². The number of benzene rings is 5. The highest BCUT2D eigenvalue weighted by molar-refractivity contribution is 6.16. The molecule has 3 aliphatic heterocycles. The summed E-state index contributed by atoms with van der Waals surface area (Å²) >= 11 is 0. The molecule has 1 unspecified atom stereocenters. The molecule has 0 aliphatic carbocycles. The fourth-order valence-electron chi connectivity index (χ4n) is 7.71. The Balaban J connectivity index is 1.11. The zero-order valence-electron chi connectivity index (χ0n) is 30.4. The maximum Gasteiger partial charge on any atom is 0.346 e. The van der Waals surface area contributed by atoms with Crippen molar-refractivity contribution in [1.29, 1.82) is 0 Å². The molecule has 0 bridgehead atoms. The number of carbonyl (C=O) groups excluding carboxylic acids is 3. The Hall–Kier alpha value is -5.85. The van der Waals surface area contributed by atoms with Crippen LogP contribution in [0.2, 0.25) is 0 Å². The monoisotopic (exact) mass is 740 g/mol. The smallest absolute Gasteiger partial charge is 0.346 e. The molecule has 5 aromatic carbocycles. The van der Waals surface area contributed by atoms with E-state index in [0.29, 0.717) is 30.1 Å². The summed E-state index contributed by atoms with van der Waals surface area (Å²) in [5.41, 5.74) is 6.83. The van der Waals surface area contributed by atoms with Crippen LogP contribution in [0.3, 0.4) is 0 Å². The van der Waals surface area contributed by atoms with E-state index in [4.69, 9.17) is 18.9 Å². The molecular weight excluding hydrogens is 700 g/mol. The first-order valence-corrected chi connectivity index (χ1v) is 18.2. The quantitative estimate of drug-likeness (QED) is 0.117.